The minimum atomic E-state index is -4.29. The average Bonchev–Trinajstić information content (AvgIpc) is 3.31. The van der Waals surface area contributed by atoms with E-state index < -0.39 is 11.7 Å². The van der Waals surface area contributed by atoms with Crippen molar-refractivity contribution < 1.29 is 13.2 Å². The summed E-state index contributed by atoms with van der Waals surface area (Å²) in [5.74, 6) is 0.768. The molecule has 22 heavy (non-hydrogen) atoms. The van der Waals surface area contributed by atoms with Crippen molar-refractivity contribution in [2.45, 2.75) is 31.5 Å². The highest BCUT2D eigenvalue weighted by atomic mass is 19.4. The zero-order valence-electron chi connectivity index (χ0n) is 12.1. The molecule has 2 aromatic carbocycles. The molecule has 1 aliphatic carbocycles. The number of benzene rings is 2. The number of alkyl halides is 3. The maximum absolute atomic E-state index is 12.6. The third-order valence-corrected chi connectivity index (χ3v) is 4.17. The summed E-state index contributed by atoms with van der Waals surface area (Å²) >= 11 is 0. The molecule has 4 heteroatoms. The van der Waals surface area contributed by atoms with Gasteiger partial charge in [0.1, 0.15) is 0 Å². The molecule has 0 saturated heterocycles. The molecule has 1 atom stereocenters. The summed E-state index contributed by atoms with van der Waals surface area (Å²) in [6.07, 6.45) is -0.730. The maximum Gasteiger partial charge on any atom is 0.416 e. The molecule has 0 aliphatic heterocycles. The summed E-state index contributed by atoms with van der Waals surface area (Å²) in [6, 6.07) is 13.1. The van der Waals surface area contributed by atoms with Crippen LogP contribution in [0.4, 0.5) is 13.2 Å². The van der Waals surface area contributed by atoms with Crippen LogP contribution in [0.15, 0.2) is 48.5 Å². The summed E-state index contributed by atoms with van der Waals surface area (Å²) in [4.78, 5) is 0. The fourth-order valence-electron chi connectivity index (χ4n) is 2.62. The lowest BCUT2D eigenvalue weighted by Crippen LogP contribution is -2.10. The molecule has 1 saturated carbocycles. The SMILES string of the molecule is N[C@@H](CC1CC1)c1ccc(-c2ccc(C(F)(F)F)cc2)cc1. The van der Waals surface area contributed by atoms with Gasteiger partial charge in [0.25, 0.3) is 0 Å². The predicted octanol–water partition coefficient (Wildman–Crippen LogP) is 5.17. The summed E-state index contributed by atoms with van der Waals surface area (Å²) < 4.78 is 37.7. The maximum atomic E-state index is 12.6. The second kappa shape index (κ2) is 5.76. The van der Waals surface area contributed by atoms with Crippen molar-refractivity contribution in [3.63, 3.8) is 0 Å². The minimum Gasteiger partial charge on any atom is -0.324 e. The first kappa shape index (κ1) is 15.1. The molecule has 2 N–H and O–H groups in total. The van der Waals surface area contributed by atoms with Gasteiger partial charge in [0, 0.05) is 6.04 Å². The Balaban J connectivity index is 1.74. The molecule has 0 heterocycles. The van der Waals surface area contributed by atoms with E-state index >= 15 is 0 Å². The number of halogens is 3. The van der Waals surface area contributed by atoms with E-state index in [0.717, 1.165) is 41.2 Å². The van der Waals surface area contributed by atoms with Crippen molar-refractivity contribution in [1.82, 2.24) is 0 Å². The Kier molecular flexibility index (Phi) is 3.96. The van der Waals surface area contributed by atoms with E-state index in [4.69, 9.17) is 5.73 Å². The fourth-order valence-corrected chi connectivity index (χ4v) is 2.62. The van der Waals surface area contributed by atoms with Crippen LogP contribution in [0.1, 0.15) is 36.4 Å². The molecule has 116 valence electrons. The van der Waals surface area contributed by atoms with Crippen LogP contribution in [0, 0.1) is 5.92 Å². The first-order chi connectivity index (χ1) is 10.4. The van der Waals surface area contributed by atoms with E-state index in [2.05, 4.69) is 0 Å². The van der Waals surface area contributed by atoms with E-state index in [1.807, 2.05) is 24.3 Å². The van der Waals surface area contributed by atoms with E-state index in [9.17, 15) is 13.2 Å². The molecule has 3 rings (SSSR count). The molecule has 1 nitrogen and oxygen atoms in total. The molecule has 2 aromatic rings. The first-order valence-corrected chi connectivity index (χ1v) is 7.46. The molecule has 0 radical (unpaired) electrons. The van der Waals surface area contributed by atoms with Crippen molar-refractivity contribution in [1.29, 1.82) is 0 Å². The lowest BCUT2D eigenvalue weighted by molar-refractivity contribution is -0.137. The third kappa shape index (κ3) is 3.50. The van der Waals surface area contributed by atoms with E-state index in [-0.39, 0.29) is 6.04 Å². The van der Waals surface area contributed by atoms with Gasteiger partial charge in [-0.1, -0.05) is 49.2 Å². The molecular formula is C18H18F3N. The van der Waals surface area contributed by atoms with E-state index in [1.54, 1.807) is 0 Å². The average molecular weight is 305 g/mol. The molecule has 1 aliphatic rings. The molecule has 0 amide bonds. The Hall–Kier alpha value is -1.81. The van der Waals surface area contributed by atoms with Gasteiger partial charge in [-0.2, -0.15) is 13.2 Å². The topological polar surface area (TPSA) is 26.0 Å². The summed E-state index contributed by atoms with van der Waals surface area (Å²) in [5, 5.41) is 0. The Morgan fingerprint density at radius 1 is 0.909 bits per heavy atom. The molecule has 0 unspecified atom stereocenters. The van der Waals surface area contributed by atoms with Gasteiger partial charge < -0.3 is 5.73 Å². The van der Waals surface area contributed by atoms with Crippen molar-refractivity contribution >= 4 is 0 Å². The van der Waals surface area contributed by atoms with Crippen LogP contribution < -0.4 is 5.73 Å². The van der Waals surface area contributed by atoms with E-state index in [0.29, 0.717) is 0 Å². The van der Waals surface area contributed by atoms with E-state index in [1.165, 1.54) is 25.0 Å². The number of hydrogen-bond acceptors (Lipinski definition) is 1. The van der Waals surface area contributed by atoms with Crippen molar-refractivity contribution in [2.75, 3.05) is 0 Å². The van der Waals surface area contributed by atoms with Gasteiger partial charge >= 0.3 is 6.18 Å². The van der Waals surface area contributed by atoms with Gasteiger partial charge in [0.05, 0.1) is 5.56 Å². The van der Waals surface area contributed by atoms with Gasteiger partial charge in [-0.05, 0) is 41.2 Å². The Morgan fingerprint density at radius 3 is 1.86 bits per heavy atom. The molecule has 1 fully saturated rings. The quantitative estimate of drug-likeness (QED) is 0.828. The Morgan fingerprint density at radius 2 is 1.41 bits per heavy atom. The van der Waals surface area contributed by atoms with Crippen molar-refractivity contribution in [3.05, 3.63) is 59.7 Å². The van der Waals surface area contributed by atoms with Crippen LogP contribution in [0.3, 0.4) is 0 Å². The second-order valence-corrected chi connectivity index (χ2v) is 5.98. The molecule has 0 bridgehead atoms. The number of nitrogens with two attached hydrogens (primary N) is 1. The van der Waals surface area contributed by atoms with Crippen molar-refractivity contribution in [3.8, 4) is 11.1 Å². The predicted molar refractivity (Wildman–Crippen MR) is 81.1 cm³/mol. The zero-order valence-corrected chi connectivity index (χ0v) is 12.1. The summed E-state index contributed by atoms with van der Waals surface area (Å²) in [7, 11) is 0. The van der Waals surface area contributed by atoms with Crippen LogP contribution in [-0.4, -0.2) is 0 Å². The normalized spacial score (nSPS) is 16.5. The van der Waals surface area contributed by atoms with Crippen molar-refractivity contribution in [2.24, 2.45) is 11.7 Å². The lowest BCUT2D eigenvalue weighted by atomic mass is 9.98. The van der Waals surface area contributed by atoms with Gasteiger partial charge in [0.2, 0.25) is 0 Å². The first-order valence-electron chi connectivity index (χ1n) is 7.46. The van der Waals surface area contributed by atoms with Gasteiger partial charge in [-0.3, -0.25) is 0 Å². The summed E-state index contributed by atoms with van der Waals surface area (Å²) in [6.45, 7) is 0. The fraction of sp³-hybridized carbons (Fsp3) is 0.333. The number of hydrogen-bond donors (Lipinski definition) is 1. The standard InChI is InChI=1S/C18H18F3N/c19-18(20,21)16-9-7-14(8-10-16)13-3-5-15(6-4-13)17(22)11-12-1-2-12/h3-10,12,17H,1-2,11,22H2/t17-/m0/s1. The van der Waals surface area contributed by atoms with Crippen LogP contribution in [0.2, 0.25) is 0 Å². The van der Waals surface area contributed by atoms with Crippen LogP contribution >= 0.6 is 0 Å². The molecule has 0 aromatic heterocycles. The molecule has 0 spiro atoms. The lowest BCUT2D eigenvalue weighted by Gasteiger charge is -2.12. The minimum absolute atomic E-state index is 0.0501. The van der Waals surface area contributed by atoms with Gasteiger partial charge in [-0.15, -0.1) is 0 Å². The molecular weight excluding hydrogens is 287 g/mol. The highest BCUT2D eigenvalue weighted by Gasteiger charge is 2.30. The smallest absolute Gasteiger partial charge is 0.324 e. The van der Waals surface area contributed by atoms with Gasteiger partial charge in [-0.25, -0.2) is 0 Å². The van der Waals surface area contributed by atoms with Gasteiger partial charge in [0.15, 0.2) is 0 Å². The largest absolute Gasteiger partial charge is 0.416 e. The highest BCUT2D eigenvalue weighted by Crippen LogP contribution is 2.37. The summed E-state index contributed by atoms with van der Waals surface area (Å²) in [5.41, 5.74) is 8.30. The van der Waals surface area contributed by atoms with Crippen LogP contribution in [0.25, 0.3) is 11.1 Å². The zero-order chi connectivity index (χ0) is 15.7. The monoisotopic (exact) mass is 305 g/mol. The highest BCUT2D eigenvalue weighted by molar-refractivity contribution is 5.64. The van der Waals surface area contributed by atoms with Crippen LogP contribution in [-0.2, 0) is 6.18 Å². The number of rotatable bonds is 4. The Labute approximate surface area is 128 Å². The third-order valence-electron chi connectivity index (χ3n) is 4.17. The Bertz CT molecular complexity index is 625. The second-order valence-electron chi connectivity index (χ2n) is 5.98. The van der Waals surface area contributed by atoms with Crippen LogP contribution in [0.5, 0.6) is 0 Å².